The molecule has 2 saturated carbocycles. The molecule has 2 rings (SSSR count). The molecule has 6 nitrogen and oxygen atoms in total. The van der Waals surface area contributed by atoms with Gasteiger partial charge in [0, 0.05) is 12.1 Å². The van der Waals surface area contributed by atoms with Gasteiger partial charge >= 0.3 is 12.1 Å². The number of carbonyl (C=O) groups is 2. The summed E-state index contributed by atoms with van der Waals surface area (Å²) >= 11 is 0. The molecular formula is C27H50N2O4. The summed E-state index contributed by atoms with van der Waals surface area (Å²) in [6.45, 7) is 13.1. The summed E-state index contributed by atoms with van der Waals surface area (Å²) in [6, 6.07) is 0.764. The van der Waals surface area contributed by atoms with Crippen molar-refractivity contribution in [2.75, 3.05) is 6.61 Å². The Labute approximate surface area is 202 Å². The molecule has 0 bridgehead atoms. The first-order chi connectivity index (χ1) is 15.4. The molecule has 1 unspecified atom stereocenters. The van der Waals surface area contributed by atoms with E-state index in [4.69, 9.17) is 9.84 Å². The number of carbonyl (C=O) groups excluding carboxylic acids is 1. The van der Waals surface area contributed by atoms with Gasteiger partial charge in [-0.1, -0.05) is 79.2 Å². The van der Waals surface area contributed by atoms with Crippen LogP contribution in [0.15, 0.2) is 12.7 Å². The Hall–Kier alpha value is -1.56. The number of allylic oxidation sites excluding steroid dienone is 1. The molecule has 0 aromatic rings. The second kappa shape index (κ2) is 14.6. The highest BCUT2D eigenvalue weighted by molar-refractivity contribution is 5.80. The van der Waals surface area contributed by atoms with E-state index in [0.29, 0.717) is 0 Å². The zero-order valence-corrected chi connectivity index (χ0v) is 21.9. The first kappa shape index (κ1) is 29.5. The van der Waals surface area contributed by atoms with Gasteiger partial charge in [0.1, 0.15) is 6.04 Å². The van der Waals surface area contributed by atoms with Gasteiger partial charge in [-0.05, 0) is 49.4 Å². The topological polar surface area (TPSA) is 87.7 Å². The Bertz CT molecular complexity index is 569. The maximum absolute atomic E-state index is 11.7. The lowest BCUT2D eigenvalue weighted by molar-refractivity contribution is -0.142. The van der Waals surface area contributed by atoms with Gasteiger partial charge in [0.25, 0.3) is 0 Å². The highest BCUT2D eigenvalue weighted by Gasteiger charge is 2.33. The monoisotopic (exact) mass is 466 g/mol. The number of hydrogen-bond donors (Lipinski definition) is 3. The lowest BCUT2D eigenvalue weighted by Gasteiger charge is -2.30. The molecule has 2 aliphatic carbocycles. The van der Waals surface area contributed by atoms with Crippen LogP contribution in [0.3, 0.4) is 0 Å². The van der Waals surface area contributed by atoms with Crippen molar-refractivity contribution in [2.24, 2.45) is 10.8 Å². The third-order valence-electron chi connectivity index (χ3n) is 6.68. The number of amides is 1. The molecule has 33 heavy (non-hydrogen) atoms. The molecule has 0 spiro atoms. The van der Waals surface area contributed by atoms with Crippen molar-refractivity contribution in [1.82, 2.24) is 10.6 Å². The lowest BCUT2D eigenvalue weighted by atomic mass is 9.87. The van der Waals surface area contributed by atoms with Crippen molar-refractivity contribution in [3.63, 3.8) is 0 Å². The molecule has 0 aromatic heterocycles. The molecule has 0 heterocycles. The summed E-state index contributed by atoms with van der Waals surface area (Å²) in [5, 5.41) is 15.4. The van der Waals surface area contributed by atoms with E-state index in [2.05, 4.69) is 17.2 Å². The van der Waals surface area contributed by atoms with E-state index < -0.39 is 23.5 Å². The third-order valence-corrected chi connectivity index (χ3v) is 6.68. The van der Waals surface area contributed by atoms with E-state index in [1.165, 1.54) is 64.2 Å². The van der Waals surface area contributed by atoms with Gasteiger partial charge in [-0.3, -0.25) is 0 Å². The van der Waals surface area contributed by atoms with Gasteiger partial charge in [-0.2, -0.15) is 0 Å². The van der Waals surface area contributed by atoms with Crippen LogP contribution in [-0.4, -0.2) is 41.9 Å². The van der Waals surface area contributed by atoms with Gasteiger partial charge in [0.15, 0.2) is 0 Å². The Morgan fingerprint density at radius 1 is 0.970 bits per heavy atom. The largest absolute Gasteiger partial charge is 0.480 e. The van der Waals surface area contributed by atoms with Crippen molar-refractivity contribution in [3.8, 4) is 0 Å². The first-order valence-corrected chi connectivity index (χ1v) is 13.0. The molecule has 0 radical (unpaired) electrons. The van der Waals surface area contributed by atoms with E-state index in [9.17, 15) is 9.59 Å². The van der Waals surface area contributed by atoms with Crippen molar-refractivity contribution >= 4 is 12.1 Å². The average molecular weight is 467 g/mol. The van der Waals surface area contributed by atoms with Crippen LogP contribution in [0.4, 0.5) is 4.79 Å². The van der Waals surface area contributed by atoms with Crippen molar-refractivity contribution < 1.29 is 19.4 Å². The van der Waals surface area contributed by atoms with Crippen LogP contribution < -0.4 is 10.6 Å². The Morgan fingerprint density at radius 2 is 1.45 bits per heavy atom. The maximum atomic E-state index is 11.7. The minimum atomic E-state index is -1.07. The van der Waals surface area contributed by atoms with Crippen LogP contribution in [0.25, 0.3) is 0 Å². The maximum Gasteiger partial charge on any atom is 0.407 e. The van der Waals surface area contributed by atoms with Gasteiger partial charge in [-0.15, -0.1) is 6.58 Å². The number of alkyl carbamates (subject to hydrolysis) is 1. The summed E-state index contributed by atoms with van der Waals surface area (Å²) in [5.74, 6) is -1.07. The fourth-order valence-electron chi connectivity index (χ4n) is 4.51. The van der Waals surface area contributed by atoms with Crippen LogP contribution >= 0.6 is 0 Å². The Kier molecular flexibility index (Phi) is 13.1. The summed E-state index contributed by atoms with van der Waals surface area (Å²) in [6.07, 6.45) is 17.4. The van der Waals surface area contributed by atoms with Gasteiger partial charge in [0.05, 0.1) is 6.61 Å². The molecule has 0 aliphatic heterocycles. The summed E-state index contributed by atoms with van der Waals surface area (Å²) in [7, 11) is 0. The van der Waals surface area contributed by atoms with Gasteiger partial charge in [-0.25, -0.2) is 9.59 Å². The Morgan fingerprint density at radius 3 is 1.85 bits per heavy atom. The van der Waals surface area contributed by atoms with Gasteiger partial charge in [0.2, 0.25) is 0 Å². The van der Waals surface area contributed by atoms with E-state index in [-0.39, 0.29) is 12.0 Å². The predicted octanol–water partition coefficient (Wildman–Crippen LogP) is 6.45. The SMILES string of the molecule is C1CCC(NC2CCCCC2)CC1.C=CCCC(C)(C)COC(=O)NC(C(=O)O)C(C)(C)C. The summed E-state index contributed by atoms with van der Waals surface area (Å²) < 4.78 is 5.13. The van der Waals surface area contributed by atoms with Crippen LogP contribution in [-0.2, 0) is 9.53 Å². The number of hydrogen-bond acceptors (Lipinski definition) is 4. The third kappa shape index (κ3) is 13.0. The Balaban J connectivity index is 0.000000357. The summed E-state index contributed by atoms with van der Waals surface area (Å²) in [4.78, 5) is 22.9. The fraction of sp³-hybridized carbons (Fsp3) is 0.852. The number of carboxylic acids is 1. The van der Waals surface area contributed by atoms with Crippen LogP contribution in [0.5, 0.6) is 0 Å². The molecule has 6 heteroatoms. The summed E-state index contributed by atoms with van der Waals surface area (Å²) in [5.41, 5.74) is -0.741. The number of carboxylic acid groups (broad SMARTS) is 1. The second-order valence-corrected chi connectivity index (χ2v) is 11.7. The van der Waals surface area contributed by atoms with E-state index in [1.54, 1.807) is 20.8 Å². The minimum Gasteiger partial charge on any atom is -0.480 e. The molecule has 1 amide bonds. The molecule has 1 atom stereocenters. The first-order valence-electron chi connectivity index (χ1n) is 13.0. The minimum absolute atomic E-state index is 0.161. The standard InChI is InChI=1S/C15H27NO4.C12H23N/c1-7-8-9-15(5,6)10-20-13(19)16-11(12(17)18)14(2,3)4;1-3-7-11(8-4-1)13-12-9-5-2-6-10-12/h7,11H,1,8-10H2,2-6H3,(H,16,19)(H,17,18);11-13H,1-10H2. The molecule has 0 saturated heterocycles. The molecule has 0 aromatic carbocycles. The smallest absolute Gasteiger partial charge is 0.407 e. The molecule has 2 aliphatic rings. The number of ether oxygens (including phenoxy) is 1. The van der Waals surface area contributed by atoms with E-state index in [0.717, 1.165) is 24.9 Å². The van der Waals surface area contributed by atoms with Crippen molar-refractivity contribution in [2.45, 2.75) is 130 Å². The van der Waals surface area contributed by atoms with E-state index in [1.807, 2.05) is 19.9 Å². The number of nitrogens with one attached hydrogen (secondary N) is 2. The van der Waals surface area contributed by atoms with Crippen molar-refractivity contribution in [1.29, 1.82) is 0 Å². The fourth-order valence-corrected chi connectivity index (χ4v) is 4.51. The zero-order chi connectivity index (χ0) is 24.9. The van der Waals surface area contributed by atoms with E-state index >= 15 is 0 Å². The molecule has 192 valence electrons. The number of aliphatic carboxylic acids is 1. The molecule has 3 N–H and O–H groups in total. The zero-order valence-electron chi connectivity index (χ0n) is 21.9. The second-order valence-electron chi connectivity index (χ2n) is 11.7. The van der Waals surface area contributed by atoms with Gasteiger partial charge < -0.3 is 20.5 Å². The lowest BCUT2D eigenvalue weighted by Crippen LogP contribution is -2.49. The molecule has 2 fully saturated rings. The highest BCUT2D eigenvalue weighted by atomic mass is 16.5. The van der Waals surface area contributed by atoms with Crippen LogP contribution in [0.1, 0.15) is 112 Å². The normalized spacial score (nSPS) is 19.1. The van der Waals surface area contributed by atoms with Crippen LogP contribution in [0, 0.1) is 10.8 Å². The van der Waals surface area contributed by atoms with Crippen LogP contribution in [0.2, 0.25) is 0 Å². The average Bonchev–Trinajstić information content (AvgIpc) is 2.76. The number of rotatable bonds is 9. The van der Waals surface area contributed by atoms with Crippen molar-refractivity contribution in [3.05, 3.63) is 12.7 Å². The quantitative estimate of drug-likeness (QED) is 0.340. The molecular weight excluding hydrogens is 416 g/mol. The highest BCUT2D eigenvalue weighted by Crippen LogP contribution is 2.24. The predicted molar refractivity (Wildman–Crippen MR) is 135 cm³/mol.